The number of alkyl halides is 3. The standard InChI is InChI=1S/C13H16F3NO3/c1-17(12(18)13(14,15)16)7-6-9-4-5-10(19-2)11(8-9)20-3/h4-5,8H,6-7H2,1-3H3. The van der Waals surface area contributed by atoms with Gasteiger partial charge in [0.05, 0.1) is 14.2 Å². The van der Waals surface area contributed by atoms with Gasteiger partial charge in [0.15, 0.2) is 11.5 Å². The molecule has 4 nitrogen and oxygen atoms in total. The molecule has 0 radical (unpaired) electrons. The molecule has 0 aliphatic heterocycles. The Labute approximate surface area is 115 Å². The molecule has 1 rings (SSSR count). The molecule has 0 atom stereocenters. The molecule has 0 aromatic heterocycles. The zero-order chi connectivity index (χ0) is 15.3. The van der Waals surface area contributed by atoms with Crippen molar-refractivity contribution in [2.45, 2.75) is 12.6 Å². The topological polar surface area (TPSA) is 38.8 Å². The van der Waals surface area contributed by atoms with E-state index >= 15 is 0 Å². The summed E-state index contributed by atoms with van der Waals surface area (Å²) in [5.41, 5.74) is 0.754. The number of benzene rings is 1. The second-order valence-electron chi connectivity index (χ2n) is 4.16. The van der Waals surface area contributed by atoms with Crippen molar-refractivity contribution in [1.82, 2.24) is 4.90 Å². The molecule has 0 N–H and O–H groups in total. The number of nitrogens with zero attached hydrogens (tertiary/aromatic N) is 1. The van der Waals surface area contributed by atoms with Gasteiger partial charge in [0, 0.05) is 13.6 Å². The highest BCUT2D eigenvalue weighted by molar-refractivity contribution is 5.81. The van der Waals surface area contributed by atoms with E-state index in [2.05, 4.69) is 0 Å². The third kappa shape index (κ3) is 4.04. The predicted molar refractivity (Wildman–Crippen MR) is 66.9 cm³/mol. The largest absolute Gasteiger partial charge is 0.493 e. The molecule has 0 spiro atoms. The molecule has 20 heavy (non-hydrogen) atoms. The zero-order valence-corrected chi connectivity index (χ0v) is 11.5. The Balaban J connectivity index is 2.69. The molecule has 7 heteroatoms. The quantitative estimate of drug-likeness (QED) is 0.835. The van der Waals surface area contributed by atoms with Gasteiger partial charge in [0.2, 0.25) is 0 Å². The maximum Gasteiger partial charge on any atom is 0.471 e. The molecule has 0 saturated heterocycles. The van der Waals surface area contributed by atoms with Crippen LogP contribution in [0.25, 0.3) is 0 Å². The number of rotatable bonds is 5. The van der Waals surface area contributed by atoms with Crippen LogP contribution >= 0.6 is 0 Å². The number of hydrogen-bond donors (Lipinski definition) is 0. The van der Waals surface area contributed by atoms with Crippen LogP contribution in [-0.2, 0) is 11.2 Å². The van der Waals surface area contributed by atoms with Crippen LogP contribution in [-0.4, -0.2) is 44.8 Å². The van der Waals surface area contributed by atoms with Crippen LogP contribution in [0.5, 0.6) is 11.5 Å². The lowest BCUT2D eigenvalue weighted by atomic mass is 10.1. The molecular weight excluding hydrogens is 275 g/mol. The summed E-state index contributed by atoms with van der Waals surface area (Å²) in [5.74, 6) is -0.816. The maximum atomic E-state index is 12.2. The second-order valence-corrected chi connectivity index (χ2v) is 4.16. The van der Waals surface area contributed by atoms with Gasteiger partial charge >= 0.3 is 12.1 Å². The summed E-state index contributed by atoms with van der Waals surface area (Å²) >= 11 is 0. The van der Waals surface area contributed by atoms with Crippen molar-refractivity contribution < 1.29 is 27.4 Å². The highest BCUT2D eigenvalue weighted by Crippen LogP contribution is 2.27. The van der Waals surface area contributed by atoms with Gasteiger partial charge in [0.25, 0.3) is 0 Å². The van der Waals surface area contributed by atoms with E-state index in [1.165, 1.54) is 14.2 Å². The summed E-state index contributed by atoms with van der Waals surface area (Å²) in [6.45, 7) is -0.0339. The van der Waals surface area contributed by atoms with Crippen LogP contribution in [0.4, 0.5) is 13.2 Å². The van der Waals surface area contributed by atoms with E-state index in [1.807, 2.05) is 0 Å². The highest BCUT2D eigenvalue weighted by Gasteiger charge is 2.40. The summed E-state index contributed by atoms with van der Waals surface area (Å²) < 4.78 is 46.8. The summed E-state index contributed by atoms with van der Waals surface area (Å²) in [7, 11) is 4.09. The fourth-order valence-corrected chi connectivity index (χ4v) is 1.65. The van der Waals surface area contributed by atoms with Gasteiger partial charge < -0.3 is 14.4 Å². The van der Waals surface area contributed by atoms with Crippen molar-refractivity contribution in [1.29, 1.82) is 0 Å². The number of hydrogen-bond acceptors (Lipinski definition) is 3. The van der Waals surface area contributed by atoms with Crippen LogP contribution in [0, 0.1) is 0 Å². The van der Waals surface area contributed by atoms with Gasteiger partial charge in [-0.3, -0.25) is 4.79 Å². The Kier molecular flexibility index (Phi) is 5.24. The Morgan fingerprint density at radius 3 is 2.30 bits per heavy atom. The van der Waals surface area contributed by atoms with Gasteiger partial charge in [-0.2, -0.15) is 13.2 Å². The van der Waals surface area contributed by atoms with Crippen molar-refractivity contribution >= 4 is 5.91 Å². The fraction of sp³-hybridized carbons (Fsp3) is 0.462. The Hall–Kier alpha value is -1.92. The van der Waals surface area contributed by atoms with Gasteiger partial charge in [-0.25, -0.2) is 0 Å². The van der Waals surface area contributed by atoms with Crippen LogP contribution in [0.2, 0.25) is 0 Å². The van der Waals surface area contributed by atoms with Crippen LogP contribution in [0.3, 0.4) is 0 Å². The molecule has 1 aromatic carbocycles. The molecule has 0 aliphatic carbocycles. The first-order chi connectivity index (χ1) is 9.29. The first kappa shape index (κ1) is 16.1. The Morgan fingerprint density at radius 1 is 1.20 bits per heavy atom. The van der Waals surface area contributed by atoms with Crippen LogP contribution in [0.15, 0.2) is 18.2 Å². The number of amides is 1. The SMILES string of the molecule is COc1ccc(CCN(C)C(=O)C(F)(F)F)cc1OC. The molecule has 0 bridgehead atoms. The van der Waals surface area contributed by atoms with Crippen LogP contribution in [0.1, 0.15) is 5.56 Å². The van der Waals surface area contributed by atoms with Crippen molar-refractivity contribution in [2.24, 2.45) is 0 Å². The molecular formula is C13H16F3NO3. The van der Waals surface area contributed by atoms with Gasteiger partial charge in [-0.1, -0.05) is 6.07 Å². The van der Waals surface area contributed by atoms with Gasteiger partial charge in [-0.15, -0.1) is 0 Å². The summed E-state index contributed by atoms with van der Waals surface area (Å²) in [6, 6.07) is 5.05. The van der Waals surface area contributed by atoms with Crippen molar-refractivity contribution in [3.05, 3.63) is 23.8 Å². The van der Waals surface area contributed by atoms with E-state index in [4.69, 9.17) is 9.47 Å². The molecule has 0 saturated carbocycles. The zero-order valence-electron chi connectivity index (χ0n) is 11.5. The fourth-order valence-electron chi connectivity index (χ4n) is 1.65. The maximum absolute atomic E-state index is 12.2. The number of carbonyl (C=O) groups is 1. The molecule has 0 unspecified atom stereocenters. The monoisotopic (exact) mass is 291 g/mol. The third-order valence-electron chi connectivity index (χ3n) is 2.77. The van der Waals surface area contributed by atoms with E-state index in [0.29, 0.717) is 22.8 Å². The number of likely N-dealkylation sites (N-methyl/N-ethyl adjacent to an activating group) is 1. The van der Waals surface area contributed by atoms with E-state index in [0.717, 1.165) is 12.6 Å². The summed E-state index contributed by atoms with van der Waals surface area (Å²) in [6.07, 6.45) is -4.55. The lowest BCUT2D eigenvalue weighted by molar-refractivity contribution is -0.184. The van der Waals surface area contributed by atoms with Gasteiger partial charge in [0.1, 0.15) is 0 Å². The van der Waals surface area contributed by atoms with Crippen molar-refractivity contribution in [2.75, 3.05) is 27.8 Å². The molecule has 0 heterocycles. The number of carbonyl (C=O) groups excluding carboxylic acids is 1. The predicted octanol–water partition coefficient (Wildman–Crippen LogP) is 2.27. The lowest BCUT2D eigenvalue weighted by Crippen LogP contribution is -2.39. The molecule has 1 aromatic rings. The second kappa shape index (κ2) is 6.49. The minimum Gasteiger partial charge on any atom is -0.493 e. The third-order valence-corrected chi connectivity index (χ3v) is 2.77. The molecule has 0 aliphatic rings. The lowest BCUT2D eigenvalue weighted by Gasteiger charge is -2.18. The average Bonchev–Trinajstić information content (AvgIpc) is 2.42. The number of halogens is 3. The minimum absolute atomic E-state index is 0.0339. The molecule has 112 valence electrons. The highest BCUT2D eigenvalue weighted by atomic mass is 19.4. The van der Waals surface area contributed by atoms with Crippen LogP contribution < -0.4 is 9.47 Å². The van der Waals surface area contributed by atoms with E-state index < -0.39 is 12.1 Å². The first-order valence-electron chi connectivity index (χ1n) is 5.82. The summed E-state index contributed by atoms with van der Waals surface area (Å²) in [5, 5.41) is 0. The van der Waals surface area contributed by atoms with E-state index in [1.54, 1.807) is 18.2 Å². The Morgan fingerprint density at radius 2 is 1.80 bits per heavy atom. The van der Waals surface area contributed by atoms with Crippen molar-refractivity contribution in [3.8, 4) is 11.5 Å². The van der Waals surface area contributed by atoms with E-state index in [9.17, 15) is 18.0 Å². The Bertz CT molecular complexity index is 474. The van der Waals surface area contributed by atoms with Crippen molar-refractivity contribution in [3.63, 3.8) is 0 Å². The van der Waals surface area contributed by atoms with Gasteiger partial charge in [-0.05, 0) is 24.1 Å². The minimum atomic E-state index is -4.84. The summed E-state index contributed by atoms with van der Waals surface area (Å²) in [4.78, 5) is 11.6. The normalized spacial score (nSPS) is 11.1. The smallest absolute Gasteiger partial charge is 0.471 e. The first-order valence-corrected chi connectivity index (χ1v) is 5.82. The molecule has 0 fully saturated rings. The molecule has 1 amide bonds. The number of methoxy groups -OCH3 is 2. The van der Waals surface area contributed by atoms with E-state index in [-0.39, 0.29) is 6.54 Å². The number of ether oxygens (including phenoxy) is 2. The average molecular weight is 291 g/mol.